The first kappa shape index (κ1) is 17.8. The van der Waals surface area contributed by atoms with Crippen molar-refractivity contribution in [1.82, 2.24) is 4.90 Å². The van der Waals surface area contributed by atoms with E-state index in [1.165, 1.54) is 5.56 Å². The molecule has 0 saturated carbocycles. The molecule has 2 saturated heterocycles. The number of amides is 2. The van der Waals surface area contributed by atoms with Gasteiger partial charge in [0.05, 0.1) is 0 Å². The molecule has 0 unspecified atom stereocenters. The van der Waals surface area contributed by atoms with Crippen molar-refractivity contribution in [2.45, 2.75) is 58.0 Å². The SMILES string of the molecule is CC(C)(C)OC(=O)N1CCC(c2cccc(N3CCCC3=O)c2)CC1. The second-order valence-corrected chi connectivity index (χ2v) is 7.99. The molecular formula is C20H28N2O3. The summed E-state index contributed by atoms with van der Waals surface area (Å²) in [5, 5.41) is 0. The summed E-state index contributed by atoms with van der Waals surface area (Å²) in [5.74, 6) is 0.647. The molecular weight excluding hydrogens is 316 g/mol. The first-order chi connectivity index (χ1) is 11.8. The van der Waals surface area contributed by atoms with Crippen molar-refractivity contribution in [2.24, 2.45) is 0 Å². The number of carbonyl (C=O) groups excluding carboxylic acids is 2. The van der Waals surface area contributed by atoms with Gasteiger partial charge < -0.3 is 14.5 Å². The van der Waals surface area contributed by atoms with E-state index >= 15 is 0 Å². The number of ether oxygens (including phenoxy) is 1. The fraction of sp³-hybridized carbons (Fsp3) is 0.600. The van der Waals surface area contributed by atoms with Crippen LogP contribution in [0, 0.1) is 0 Å². The lowest BCUT2D eigenvalue weighted by Gasteiger charge is -2.33. The number of piperidine rings is 1. The van der Waals surface area contributed by atoms with Gasteiger partial charge in [-0.25, -0.2) is 4.79 Å². The Labute approximate surface area is 149 Å². The highest BCUT2D eigenvalue weighted by Crippen LogP contribution is 2.32. The summed E-state index contributed by atoms with van der Waals surface area (Å²) in [5.41, 5.74) is 1.82. The molecule has 0 aromatic heterocycles. The van der Waals surface area contributed by atoms with E-state index in [0.29, 0.717) is 25.4 Å². The minimum absolute atomic E-state index is 0.219. The van der Waals surface area contributed by atoms with Crippen LogP contribution >= 0.6 is 0 Å². The van der Waals surface area contributed by atoms with Crippen LogP contribution in [0.15, 0.2) is 24.3 Å². The predicted octanol–water partition coefficient (Wildman–Crippen LogP) is 3.93. The Kier molecular flexibility index (Phi) is 5.02. The molecule has 0 N–H and O–H groups in total. The molecule has 136 valence electrons. The summed E-state index contributed by atoms with van der Waals surface area (Å²) < 4.78 is 5.46. The Bertz CT molecular complexity index is 643. The maximum Gasteiger partial charge on any atom is 0.410 e. The first-order valence-corrected chi connectivity index (χ1v) is 9.22. The van der Waals surface area contributed by atoms with E-state index in [0.717, 1.165) is 31.5 Å². The Hall–Kier alpha value is -2.04. The van der Waals surface area contributed by atoms with Gasteiger partial charge in [0.1, 0.15) is 5.60 Å². The minimum Gasteiger partial charge on any atom is -0.444 e. The maximum absolute atomic E-state index is 12.2. The van der Waals surface area contributed by atoms with Crippen molar-refractivity contribution < 1.29 is 14.3 Å². The Morgan fingerprint density at radius 3 is 2.48 bits per heavy atom. The molecule has 2 heterocycles. The van der Waals surface area contributed by atoms with Gasteiger partial charge in [0.2, 0.25) is 5.91 Å². The van der Waals surface area contributed by atoms with E-state index in [4.69, 9.17) is 4.74 Å². The van der Waals surface area contributed by atoms with Crippen LogP contribution in [0.3, 0.4) is 0 Å². The number of rotatable bonds is 2. The molecule has 1 aromatic carbocycles. The van der Waals surface area contributed by atoms with Gasteiger partial charge in [-0.15, -0.1) is 0 Å². The lowest BCUT2D eigenvalue weighted by Crippen LogP contribution is -2.41. The lowest BCUT2D eigenvalue weighted by molar-refractivity contribution is -0.117. The molecule has 5 heteroatoms. The summed E-state index contributed by atoms with van der Waals surface area (Å²) in [6, 6.07) is 8.34. The fourth-order valence-electron chi connectivity index (χ4n) is 3.59. The Morgan fingerprint density at radius 2 is 1.88 bits per heavy atom. The summed E-state index contributed by atoms with van der Waals surface area (Å²) >= 11 is 0. The highest BCUT2D eigenvalue weighted by Gasteiger charge is 2.28. The monoisotopic (exact) mass is 344 g/mol. The average Bonchev–Trinajstić information content (AvgIpc) is 3.00. The highest BCUT2D eigenvalue weighted by molar-refractivity contribution is 5.95. The van der Waals surface area contributed by atoms with Gasteiger partial charge in [-0.3, -0.25) is 4.79 Å². The molecule has 0 bridgehead atoms. The third-order valence-electron chi connectivity index (χ3n) is 4.87. The summed E-state index contributed by atoms with van der Waals surface area (Å²) in [7, 11) is 0. The molecule has 0 atom stereocenters. The van der Waals surface area contributed by atoms with Crippen molar-refractivity contribution in [1.29, 1.82) is 0 Å². The molecule has 25 heavy (non-hydrogen) atoms. The number of hydrogen-bond acceptors (Lipinski definition) is 3. The van der Waals surface area contributed by atoms with Crippen molar-refractivity contribution >= 4 is 17.7 Å². The number of nitrogens with zero attached hydrogens (tertiary/aromatic N) is 2. The van der Waals surface area contributed by atoms with Crippen LogP contribution < -0.4 is 4.90 Å². The third-order valence-corrected chi connectivity index (χ3v) is 4.87. The van der Waals surface area contributed by atoms with Crippen LogP contribution in [0.2, 0.25) is 0 Å². The molecule has 3 rings (SSSR count). The molecule has 1 aromatic rings. The van der Waals surface area contributed by atoms with E-state index in [9.17, 15) is 9.59 Å². The van der Waals surface area contributed by atoms with E-state index in [1.54, 1.807) is 4.90 Å². The molecule has 2 aliphatic heterocycles. The van der Waals surface area contributed by atoms with Crippen LogP contribution in [-0.4, -0.2) is 42.1 Å². The van der Waals surface area contributed by atoms with Gasteiger partial charge >= 0.3 is 6.09 Å². The number of hydrogen-bond donors (Lipinski definition) is 0. The van der Waals surface area contributed by atoms with E-state index < -0.39 is 5.60 Å². The van der Waals surface area contributed by atoms with Crippen LogP contribution in [0.5, 0.6) is 0 Å². The zero-order chi connectivity index (χ0) is 18.0. The highest BCUT2D eigenvalue weighted by atomic mass is 16.6. The normalized spacial score (nSPS) is 19.4. The van der Waals surface area contributed by atoms with E-state index in [2.05, 4.69) is 12.1 Å². The van der Waals surface area contributed by atoms with Crippen LogP contribution in [0.4, 0.5) is 10.5 Å². The smallest absolute Gasteiger partial charge is 0.410 e. The Morgan fingerprint density at radius 1 is 1.16 bits per heavy atom. The number of likely N-dealkylation sites (tertiary alicyclic amines) is 1. The zero-order valence-electron chi connectivity index (χ0n) is 15.5. The minimum atomic E-state index is -0.454. The quantitative estimate of drug-likeness (QED) is 0.817. The average molecular weight is 344 g/mol. The van der Waals surface area contributed by atoms with Gasteiger partial charge in [-0.05, 0) is 63.6 Å². The van der Waals surface area contributed by atoms with Crippen molar-refractivity contribution in [3.63, 3.8) is 0 Å². The third kappa shape index (κ3) is 4.33. The maximum atomic E-state index is 12.2. The van der Waals surface area contributed by atoms with Crippen LogP contribution in [-0.2, 0) is 9.53 Å². The molecule has 0 aliphatic carbocycles. The van der Waals surface area contributed by atoms with Gasteiger partial charge in [0, 0.05) is 31.7 Å². The summed E-state index contributed by atoms with van der Waals surface area (Å²) in [6.45, 7) is 7.92. The van der Waals surface area contributed by atoms with E-state index in [-0.39, 0.29) is 12.0 Å². The first-order valence-electron chi connectivity index (χ1n) is 9.22. The van der Waals surface area contributed by atoms with Crippen LogP contribution in [0.1, 0.15) is 57.9 Å². The molecule has 5 nitrogen and oxygen atoms in total. The number of benzene rings is 1. The molecule has 2 aliphatic rings. The number of anilines is 1. The van der Waals surface area contributed by atoms with Gasteiger partial charge in [-0.1, -0.05) is 12.1 Å². The Balaban J connectivity index is 1.61. The van der Waals surface area contributed by atoms with Gasteiger partial charge in [-0.2, -0.15) is 0 Å². The van der Waals surface area contributed by atoms with Crippen molar-refractivity contribution in [2.75, 3.05) is 24.5 Å². The number of carbonyl (C=O) groups is 2. The zero-order valence-corrected chi connectivity index (χ0v) is 15.5. The fourth-order valence-corrected chi connectivity index (χ4v) is 3.59. The van der Waals surface area contributed by atoms with Gasteiger partial charge in [0.25, 0.3) is 0 Å². The molecule has 0 spiro atoms. The molecule has 2 amide bonds. The molecule has 0 radical (unpaired) electrons. The van der Waals surface area contributed by atoms with E-state index in [1.807, 2.05) is 37.8 Å². The van der Waals surface area contributed by atoms with Crippen molar-refractivity contribution in [3.05, 3.63) is 29.8 Å². The molecule has 2 fully saturated rings. The largest absolute Gasteiger partial charge is 0.444 e. The topological polar surface area (TPSA) is 49.9 Å². The van der Waals surface area contributed by atoms with Crippen molar-refractivity contribution in [3.8, 4) is 0 Å². The summed E-state index contributed by atoms with van der Waals surface area (Å²) in [6.07, 6.45) is 3.23. The lowest BCUT2D eigenvalue weighted by atomic mass is 9.89. The predicted molar refractivity (Wildman–Crippen MR) is 97.8 cm³/mol. The second-order valence-electron chi connectivity index (χ2n) is 7.99. The van der Waals surface area contributed by atoms with Gasteiger partial charge in [0.15, 0.2) is 0 Å². The summed E-state index contributed by atoms with van der Waals surface area (Å²) in [4.78, 5) is 27.8. The second kappa shape index (κ2) is 7.06. The standard InChI is InChI=1S/C20H28N2O3/c1-20(2,3)25-19(24)21-12-9-15(10-13-21)16-6-4-7-17(14-16)22-11-5-8-18(22)23/h4,6-7,14-15H,5,8-13H2,1-3H3. The van der Waals surface area contributed by atoms with Crippen LogP contribution in [0.25, 0.3) is 0 Å².